The van der Waals surface area contributed by atoms with Crippen molar-refractivity contribution in [1.82, 2.24) is 5.01 Å². The molecule has 2 aromatic carbocycles. The molecule has 0 N–H and O–H groups in total. The van der Waals surface area contributed by atoms with Gasteiger partial charge in [0.15, 0.2) is 12.9 Å². The van der Waals surface area contributed by atoms with E-state index in [9.17, 15) is 9.59 Å². The minimum absolute atomic E-state index is 0.288. The van der Waals surface area contributed by atoms with Crippen molar-refractivity contribution in [3.63, 3.8) is 0 Å². The van der Waals surface area contributed by atoms with Crippen molar-refractivity contribution >= 4 is 17.9 Å². The first kappa shape index (κ1) is 21.2. The molecule has 1 atom stereocenters. The molecule has 0 saturated carbocycles. The van der Waals surface area contributed by atoms with Gasteiger partial charge in [-0.05, 0) is 60.2 Å². The van der Waals surface area contributed by atoms with E-state index in [4.69, 9.17) is 18.6 Å². The summed E-state index contributed by atoms with van der Waals surface area (Å²) in [6.45, 7) is -0.288. The maximum Gasteiger partial charge on any atom is 0.281 e. The molecule has 1 amide bonds. The number of methoxy groups -OCH3 is 2. The fourth-order valence-corrected chi connectivity index (χ4v) is 3.48. The normalized spacial score (nSPS) is 15.2. The van der Waals surface area contributed by atoms with Crippen LogP contribution in [0.1, 0.15) is 34.1 Å². The Balaban J connectivity index is 1.55. The molecule has 4 rings (SSSR count). The molecule has 3 aromatic rings. The van der Waals surface area contributed by atoms with E-state index in [-0.39, 0.29) is 18.6 Å². The number of rotatable bonds is 8. The number of carbonyl (C=O) groups is 2. The van der Waals surface area contributed by atoms with Crippen LogP contribution in [0.4, 0.5) is 0 Å². The van der Waals surface area contributed by atoms with Crippen molar-refractivity contribution < 1.29 is 28.2 Å². The molecule has 8 heteroatoms. The summed E-state index contributed by atoms with van der Waals surface area (Å²) in [4.78, 5) is 24.4. The van der Waals surface area contributed by atoms with Crippen LogP contribution < -0.4 is 14.2 Å². The topological polar surface area (TPSA) is 90.6 Å². The Morgan fingerprint density at radius 3 is 2.53 bits per heavy atom. The van der Waals surface area contributed by atoms with Crippen LogP contribution in [0.15, 0.2) is 70.4 Å². The summed E-state index contributed by atoms with van der Waals surface area (Å²) in [5, 5.41) is 5.94. The van der Waals surface area contributed by atoms with Crippen LogP contribution in [0, 0.1) is 0 Å². The first-order chi connectivity index (χ1) is 15.6. The van der Waals surface area contributed by atoms with Crippen LogP contribution in [0.5, 0.6) is 17.2 Å². The first-order valence-corrected chi connectivity index (χ1v) is 9.96. The summed E-state index contributed by atoms with van der Waals surface area (Å²) in [6.07, 6.45) is 2.71. The lowest BCUT2D eigenvalue weighted by molar-refractivity contribution is -0.135. The number of hydrogen-bond acceptors (Lipinski definition) is 7. The van der Waals surface area contributed by atoms with Gasteiger partial charge in [-0.1, -0.05) is 0 Å². The standard InChI is InChI=1S/C24H22N2O6/c1-29-18-7-5-16(6-8-18)20-13-21(23-4-3-11-31-23)26(25-20)24(28)15-32-22-10-9-19(30-2)12-17(22)14-27/h3-12,14,21H,13,15H2,1-2H3. The van der Waals surface area contributed by atoms with Gasteiger partial charge in [-0.15, -0.1) is 0 Å². The lowest BCUT2D eigenvalue weighted by Crippen LogP contribution is -2.31. The van der Waals surface area contributed by atoms with Crippen LogP contribution in [0.25, 0.3) is 0 Å². The Morgan fingerprint density at radius 1 is 1.12 bits per heavy atom. The molecule has 0 radical (unpaired) electrons. The average Bonchev–Trinajstić information content (AvgIpc) is 3.52. The summed E-state index contributed by atoms with van der Waals surface area (Å²) in [5.74, 6) is 1.83. The molecule has 164 valence electrons. The van der Waals surface area contributed by atoms with Gasteiger partial charge in [-0.2, -0.15) is 5.10 Å². The van der Waals surface area contributed by atoms with E-state index in [1.807, 2.05) is 30.3 Å². The number of furan rings is 1. The highest BCUT2D eigenvalue weighted by Gasteiger charge is 2.35. The molecule has 0 saturated heterocycles. The number of amides is 1. The maximum absolute atomic E-state index is 13.0. The first-order valence-electron chi connectivity index (χ1n) is 9.96. The van der Waals surface area contributed by atoms with Gasteiger partial charge in [-0.25, -0.2) is 5.01 Å². The molecule has 0 spiro atoms. The van der Waals surface area contributed by atoms with Crippen molar-refractivity contribution in [3.05, 3.63) is 77.7 Å². The Kier molecular flexibility index (Phi) is 6.21. The third-order valence-electron chi connectivity index (χ3n) is 5.16. The van der Waals surface area contributed by atoms with E-state index in [0.717, 1.165) is 17.0 Å². The minimum atomic E-state index is -0.389. The maximum atomic E-state index is 13.0. The molecule has 0 fully saturated rings. The Labute approximate surface area is 185 Å². The highest BCUT2D eigenvalue weighted by atomic mass is 16.5. The van der Waals surface area contributed by atoms with Crippen molar-refractivity contribution in [1.29, 1.82) is 0 Å². The monoisotopic (exact) mass is 434 g/mol. The number of hydrogen-bond donors (Lipinski definition) is 0. The number of hydrazone groups is 1. The Morgan fingerprint density at radius 2 is 1.88 bits per heavy atom. The second-order valence-electron chi connectivity index (χ2n) is 7.06. The molecule has 0 aliphatic carbocycles. The summed E-state index contributed by atoms with van der Waals surface area (Å²) in [6, 6.07) is 15.5. The lowest BCUT2D eigenvalue weighted by Gasteiger charge is -2.20. The SMILES string of the molecule is COc1ccc(C2=NN(C(=O)COc3ccc(OC)cc3C=O)C(c3ccco3)C2)cc1. The van der Waals surface area contributed by atoms with E-state index in [2.05, 4.69) is 5.10 Å². The van der Waals surface area contributed by atoms with Gasteiger partial charge in [-0.3, -0.25) is 9.59 Å². The molecule has 1 aromatic heterocycles. The van der Waals surface area contributed by atoms with Crippen molar-refractivity contribution in [2.45, 2.75) is 12.5 Å². The number of aldehydes is 1. The zero-order valence-corrected chi connectivity index (χ0v) is 17.7. The van der Waals surface area contributed by atoms with Gasteiger partial charge < -0.3 is 18.6 Å². The summed E-state index contributed by atoms with van der Waals surface area (Å²) < 4.78 is 21.5. The van der Waals surface area contributed by atoms with Gasteiger partial charge >= 0.3 is 0 Å². The second-order valence-corrected chi connectivity index (χ2v) is 7.06. The molecule has 32 heavy (non-hydrogen) atoms. The Bertz CT molecular complexity index is 1120. The fraction of sp³-hybridized carbons (Fsp3) is 0.208. The third-order valence-corrected chi connectivity index (χ3v) is 5.16. The Hall–Kier alpha value is -4.07. The molecule has 1 aliphatic rings. The van der Waals surface area contributed by atoms with E-state index in [1.54, 1.807) is 37.6 Å². The quantitative estimate of drug-likeness (QED) is 0.500. The fourth-order valence-electron chi connectivity index (χ4n) is 3.48. The summed E-state index contributed by atoms with van der Waals surface area (Å²) in [5.41, 5.74) is 1.93. The van der Waals surface area contributed by atoms with Crippen LogP contribution in [0.3, 0.4) is 0 Å². The zero-order valence-electron chi connectivity index (χ0n) is 17.7. The number of carbonyl (C=O) groups excluding carboxylic acids is 2. The predicted octanol–water partition coefficient (Wildman–Crippen LogP) is 3.87. The predicted molar refractivity (Wildman–Crippen MR) is 116 cm³/mol. The largest absolute Gasteiger partial charge is 0.497 e. The van der Waals surface area contributed by atoms with Gasteiger partial charge in [0.05, 0.1) is 31.8 Å². The van der Waals surface area contributed by atoms with Gasteiger partial charge in [0.25, 0.3) is 5.91 Å². The van der Waals surface area contributed by atoms with Crippen LogP contribution >= 0.6 is 0 Å². The number of nitrogens with zero attached hydrogens (tertiary/aromatic N) is 2. The van der Waals surface area contributed by atoms with Crippen molar-refractivity contribution in [2.75, 3.05) is 20.8 Å². The van der Waals surface area contributed by atoms with Crippen molar-refractivity contribution in [3.8, 4) is 17.2 Å². The molecule has 8 nitrogen and oxygen atoms in total. The van der Waals surface area contributed by atoms with Gasteiger partial charge in [0.2, 0.25) is 0 Å². The zero-order chi connectivity index (χ0) is 22.5. The molecule has 1 aliphatic heterocycles. The van der Waals surface area contributed by atoms with Crippen LogP contribution in [-0.2, 0) is 4.79 Å². The summed E-state index contributed by atoms with van der Waals surface area (Å²) in [7, 11) is 3.11. The molecule has 2 heterocycles. The van der Waals surface area contributed by atoms with Gasteiger partial charge in [0, 0.05) is 6.42 Å². The van der Waals surface area contributed by atoms with E-state index in [0.29, 0.717) is 35.5 Å². The molecular formula is C24H22N2O6. The van der Waals surface area contributed by atoms with E-state index >= 15 is 0 Å². The van der Waals surface area contributed by atoms with Crippen molar-refractivity contribution in [2.24, 2.45) is 5.10 Å². The van der Waals surface area contributed by atoms with Gasteiger partial charge in [0.1, 0.15) is 29.1 Å². The number of ether oxygens (including phenoxy) is 3. The average molecular weight is 434 g/mol. The third kappa shape index (κ3) is 4.34. The lowest BCUT2D eigenvalue weighted by atomic mass is 10.0. The molecule has 0 bridgehead atoms. The van der Waals surface area contributed by atoms with Crippen LogP contribution in [-0.4, -0.2) is 43.7 Å². The van der Waals surface area contributed by atoms with Crippen LogP contribution in [0.2, 0.25) is 0 Å². The van der Waals surface area contributed by atoms with E-state index in [1.165, 1.54) is 12.1 Å². The highest BCUT2D eigenvalue weighted by molar-refractivity contribution is 6.03. The number of benzene rings is 2. The van der Waals surface area contributed by atoms with E-state index < -0.39 is 0 Å². The smallest absolute Gasteiger partial charge is 0.281 e. The molecular weight excluding hydrogens is 412 g/mol. The summed E-state index contributed by atoms with van der Waals surface area (Å²) >= 11 is 0. The second kappa shape index (κ2) is 9.38. The molecule has 1 unspecified atom stereocenters. The highest BCUT2D eigenvalue weighted by Crippen LogP contribution is 2.33. The minimum Gasteiger partial charge on any atom is -0.497 e.